The highest BCUT2D eigenvalue weighted by molar-refractivity contribution is 5.99. The minimum absolute atomic E-state index is 0.243. The highest BCUT2D eigenvalue weighted by Crippen LogP contribution is 2.11. The number of rotatable bonds is 7. The molecule has 0 aliphatic rings. The van der Waals surface area contributed by atoms with E-state index in [2.05, 4.69) is 15.6 Å². The van der Waals surface area contributed by atoms with Crippen molar-refractivity contribution in [3.8, 4) is 5.75 Å². The van der Waals surface area contributed by atoms with E-state index in [4.69, 9.17) is 4.74 Å². The number of nitrogens with one attached hydrogen (secondary N) is 2. The molecule has 3 rings (SSSR count). The van der Waals surface area contributed by atoms with Crippen molar-refractivity contribution < 1.29 is 18.7 Å². The van der Waals surface area contributed by atoms with Crippen LogP contribution in [0.3, 0.4) is 0 Å². The summed E-state index contributed by atoms with van der Waals surface area (Å²) in [6, 6.07) is 14.7. The summed E-state index contributed by atoms with van der Waals surface area (Å²) < 4.78 is 18.0. The van der Waals surface area contributed by atoms with Gasteiger partial charge in [0.2, 0.25) is 0 Å². The summed E-state index contributed by atoms with van der Waals surface area (Å²) in [4.78, 5) is 28.7. The second-order valence-corrected chi connectivity index (χ2v) is 6.30. The molecule has 0 aliphatic carbocycles. The van der Waals surface area contributed by atoms with Gasteiger partial charge in [-0.05, 0) is 41.5 Å². The lowest BCUT2D eigenvalue weighted by Crippen LogP contribution is -2.25. The number of methoxy groups -OCH3 is 1. The zero-order valence-electron chi connectivity index (χ0n) is 15.8. The van der Waals surface area contributed by atoms with Crippen molar-refractivity contribution in [1.29, 1.82) is 0 Å². The first-order valence-electron chi connectivity index (χ1n) is 8.94. The standard InChI is InChI=1S/C22H20FN3O3/c1-29-20-8-4-16(5-9-20)12-26-22(28)18-10-17(13-24-14-18)21(27)25-11-15-2-6-19(23)7-3-15/h2-10,13-14H,11-12H2,1H3,(H,25,27)(H,26,28). The van der Waals surface area contributed by atoms with Crippen LogP contribution in [0.15, 0.2) is 67.0 Å². The third-order valence-corrected chi connectivity index (χ3v) is 4.24. The zero-order valence-corrected chi connectivity index (χ0v) is 15.8. The van der Waals surface area contributed by atoms with Gasteiger partial charge in [-0.1, -0.05) is 24.3 Å². The van der Waals surface area contributed by atoms with Crippen molar-refractivity contribution in [3.05, 3.63) is 95.1 Å². The van der Waals surface area contributed by atoms with Crippen LogP contribution in [0.2, 0.25) is 0 Å². The summed E-state index contributed by atoms with van der Waals surface area (Å²) in [6.07, 6.45) is 2.79. The Morgan fingerprint density at radius 1 is 0.862 bits per heavy atom. The van der Waals surface area contributed by atoms with E-state index < -0.39 is 0 Å². The van der Waals surface area contributed by atoms with Crippen molar-refractivity contribution in [1.82, 2.24) is 15.6 Å². The number of hydrogen-bond donors (Lipinski definition) is 2. The lowest BCUT2D eigenvalue weighted by atomic mass is 10.1. The summed E-state index contributed by atoms with van der Waals surface area (Å²) in [5, 5.41) is 5.52. The molecule has 0 atom stereocenters. The number of carbonyl (C=O) groups excluding carboxylic acids is 2. The summed E-state index contributed by atoms with van der Waals surface area (Å²) in [5.74, 6) is -0.297. The number of hydrogen-bond acceptors (Lipinski definition) is 4. The molecule has 3 aromatic rings. The average Bonchev–Trinajstić information content (AvgIpc) is 2.77. The first kappa shape index (κ1) is 20.0. The normalized spacial score (nSPS) is 10.3. The van der Waals surface area contributed by atoms with Gasteiger partial charge in [-0.15, -0.1) is 0 Å². The van der Waals surface area contributed by atoms with Crippen LogP contribution in [-0.2, 0) is 13.1 Å². The SMILES string of the molecule is COc1ccc(CNC(=O)c2cncc(C(=O)NCc3ccc(F)cc3)c2)cc1. The van der Waals surface area contributed by atoms with Gasteiger partial charge in [-0.25, -0.2) is 4.39 Å². The van der Waals surface area contributed by atoms with E-state index in [1.54, 1.807) is 19.2 Å². The van der Waals surface area contributed by atoms with Gasteiger partial charge >= 0.3 is 0 Å². The Morgan fingerprint density at radius 3 is 1.83 bits per heavy atom. The van der Waals surface area contributed by atoms with Crippen molar-refractivity contribution in [2.75, 3.05) is 7.11 Å². The Morgan fingerprint density at radius 2 is 1.34 bits per heavy atom. The Kier molecular flexibility index (Phi) is 6.52. The molecule has 29 heavy (non-hydrogen) atoms. The minimum atomic E-state index is -0.369. The quantitative estimate of drug-likeness (QED) is 0.647. The summed E-state index contributed by atoms with van der Waals surface area (Å²) >= 11 is 0. The highest BCUT2D eigenvalue weighted by atomic mass is 19.1. The molecule has 2 aromatic carbocycles. The number of nitrogens with zero attached hydrogens (tertiary/aromatic N) is 1. The molecule has 0 saturated carbocycles. The smallest absolute Gasteiger partial charge is 0.253 e. The second-order valence-electron chi connectivity index (χ2n) is 6.30. The van der Waals surface area contributed by atoms with E-state index in [0.717, 1.165) is 16.9 Å². The van der Waals surface area contributed by atoms with E-state index >= 15 is 0 Å². The topological polar surface area (TPSA) is 80.3 Å². The Labute approximate surface area is 167 Å². The Balaban J connectivity index is 1.57. The van der Waals surface area contributed by atoms with Gasteiger partial charge in [-0.2, -0.15) is 0 Å². The van der Waals surface area contributed by atoms with Gasteiger partial charge in [0.15, 0.2) is 0 Å². The van der Waals surface area contributed by atoms with Crippen LogP contribution in [0.4, 0.5) is 4.39 Å². The van der Waals surface area contributed by atoms with Gasteiger partial charge in [0.1, 0.15) is 11.6 Å². The maximum atomic E-state index is 12.9. The van der Waals surface area contributed by atoms with Gasteiger partial charge in [0.05, 0.1) is 18.2 Å². The van der Waals surface area contributed by atoms with Gasteiger partial charge < -0.3 is 15.4 Å². The van der Waals surface area contributed by atoms with Crippen LogP contribution in [0.25, 0.3) is 0 Å². The maximum Gasteiger partial charge on any atom is 0.253 e. The molecule has 7 heteroatoms. The average molecular weight is 393 g/mol. The maximum absolute atomic E-state index is 12.9. The van der Waals surface area contributed by atoms with Crippen molar-refractivity contribution in [3.63, 3.8) is 0 Å². The Bertz CT molecular complexity index is 989. The lowest BCUT2D eigenvalue weighted by molar-refractivity contribution is 0.0950. The molecule has 1 heterocycles. The number of pyridine rings is 1. The third kappa shape index (κ3) is 5.62. The molecule has 2 amide bonds. The largest absolute Gasteiger partial charge is 0.497 e. The van der Waals surface area contributed by atoms with Crippen LogP contribution < -0.4 is 15.4 Å². The number of ether oxygens (including phenoxy) is 1. The van der Waals surface area contributed by atoms with Crippen LogP contribution >= 0.6 is 0 Å². The molecule has 0 bridgehead atoms. The first-order chi connectivity index (χ1) is 14.0. The number of carbonyl (C=O) groups is 2. The van der Waals surface area contributed by atoms with Crippen molar-refractivity contribution in [2.45, 2.75) is 13.1 Å². The van der Waals surface area contributed by atoms with Crippen LogP contribution in [0.5, 0.6) is 5.75 Å². The zero-order chi connectivity index (χ0) is 20.6. The monoisotopic (exact) mass is 393 g/mol. The fourth-order valence-electron chi connectivity index (χ4n) is 2.60. The predicted molar refractivity (Wildman–Crippen MR) is 106 cm³/mol. The van der Waals surface area contributed by atoms with E-state index in [9.17, 15) is 14.0 Å². The van der Waals surface area contributed by atoms with Gasteiger partial charge in [0.25, 0.3) is 11.8 Å². The van der Waals surface area contributed by atoms with E-state index in [-0.39, 0.29) is 35.3 Å². The predicted octanol–water partition coefficient (Wildman–Crippen LogP) is 3.09. The fraction of sp³-hybridized carbons (Fsp3) is 0.136. The van der Waals surface area contributed by atoms with Gasteiger partial charge in [0, 0.05) is 25.5 Å². The molecule has 0 aliphatic heterocycles. The molecule has 0 spiro atoms. The van der Waals surface area contributed by atoms with Crippen molar-refractivity contribution >= 4 is 11.8 Å². The molecular formula is C22H20FN3O3. The molecule has 1 aromatic heterocycles. The second kappa shape index (κ2) is 9.45. The Hall–Kier alpha value is -3.74. The number of benzene rings is 2. The van der Waals surface area contributed by atoms with Crippen LogP contribution in [0.1, 0.15) is 31.8 Å². The molecule has 2 N–H and O–H groups in total. The fourth-order valence-corrected chi connectivity index (χ4v) is 2.60. The lowest BCUT2D eigenvalue weighted by Gasteiger charge is -2.08. The van der Waals surface area contributed by atoms with Crippen LogP contribution in [-0.4, -0.2) is 23.9 Å². The van der Waals surface area contributed by atoms with Gasteiger partial charge in [-0.3, -0.25) is 14.6 Å². The summed E-state index contributed by atoms with van der Waals surface area (Å²) in [6.45, 7) is 0.580. The highest BCUT2D eigenvalue weighted by Gasteiger charge is 2.11. The van der Waals surface area contributed by atoms with E-state index in [1.165, 1.54) is 30.6 Å². The van der Waals surface area contributed by atoms with E-state index in [1.807, 2.05) is 24.3 Å². The number of aromatic nitrogens is 1. The number of halogens is 1. The molecule has 6 nitrogen and oxygen atoms in total. The molecular weight excluding hydrogens is 373 g/mol. The molecule has 0 saturated heterocycles. The van der Waals surface area contributed by atoms with Crippen LogP contribution in [0, 0.1) is 5.82 Å². The van der Waals surface area contributed by atoms with E-state index in [0.29, 0.717) is 6.54 Å². The first-order valence-corrected chi connectivity index (χ1v) is 8.94. The summed E-state index contributed by atoms with van der Waals surface area (Å²) in [5.41, 5.74) is 2.23. The summed E-state index contributed by atoms with van der Waals surface area (Å²) in [7, 11) is 1.59. The molecule has 0 fully saturated rings. The molecule has 148 valence electrons. The van der Waals surface area contributed by atoms with Crippen molar-refractivity contribution in [2.24, 2.45) is 0 Å². The minimum Gasteiger partial charge on any atom is -0.497 e. The molecule has 0 radical (unpaired) electrons. The number of amides is 2. The third-order valence-electron chi connectivity index (χ3n) is 4.24. The molecule has 0 unspecified atom stereocenters.